The first-order valence-electron chi connectivity index (χ1n) is 5.64. The van der Waals surface area contributed by atoms with Gasteiger partial charge in [0.05, 0.1) is 0 Å². The second kappa shape index (κ2) is 4.53. The fourth-order valence-corrected chi connectivity index (χ4v) is 2.16. The molecule has 0 saturated heterocycles. The Morgan fingerprint density at radius 3 is 2.11 bits per heavy atom. The van der Waals surface area contributed by atoms with Crippen molar-refractivity contribution in [2.24, 2.45) is 0 Å². The van der Waals surface area contributed by atoms with Crippen LogP contribution in [-0.2, 0) is 0 Å². The van der Waals surface area contributed by atoms with Gasteiger partial charge in [0.15, 0.2) is 0 Å². The molecule has 0 heterocycles. The van der Waals surface area contributed by atoms with Crippen molar-refractivity contribution in [3.63, 3.8) is 0 Å². The third kappa shape index (κ3) is 1.95. The third-order valence-electron chi connectivity index (χ3n) is 3.02. The Morgan fingerprint density at radius 2 is 1.56 bits per heavy atom. The smallest absolute Gasteiger partial charge is 0.339 e. The molecule has 0 spiro atoms. The van der Waals surface area contributed by atoms with Crippen LogP contribution in [0.5, 0.6) is 5.75 Å². The number of aryl methyl sites for hydroxylation is 2. The van der Waals surface area contributed by atoms with Crippen molar-refractivity contribution in [3.05, 3.63) is 53.1 Å². The number of carboxylic acid groups (broad SMARTS) is 1. The topological polar surface area (TPSA) is 57.5 Å². The average molecular weight is 242 g/mol. The number of hydrogen-bond acceptors (Lipinski definition) is 2. The molecule has 0 aliphatic rings. The van der Waals surface area contributed by atoms with Gasteiger partial charge in [-0.2, -0.15) is 0 Å². The molecule has 0 aromatic heterocycles. The van der Waals surface area contributed by atoms with E-state index in [4.69, 9.17) is 5.11 Å². The van der Waals surface area contributed by atoms with Crippen molar-refractivity contribution in [1.29, 1.82) is 0 Å². The van der Waals surface area contributed by atoms with Gasteiger partial charge in [0, 0.05) is 5.56 Å². The summed E-state index contributed by atoms with van der Waals surface area (Å²) in [6, 6.07) is 10.6. The van der Waals surface area contributed by atoms with E-state index in [9.17, 15) is 9.90 Å². The zero-order valence-electron chi connectivity index (χ0n) is 10.3. The molecule has 2 N–H and O–H groups in total. The number of carboxylic acids is 1. The lowest BCUT2D eigenvalue weighted by Gasteiger charge is -2.12. The van der Waals surface area contributed by atoms with Crippen molar-refractivity contribution in [3.8, 4) is 16.9 Å². The summed E-state index contributed by atoms with van der Waals surface area (Å²) >= 11 is 0. The Bertz CT molecular complexity index is 595. The zero-order valence-corrected chi connectivity index (χ0v) is 10.3. The van der Waals surface area contributed by atoms with Crippen LogP contribution >= 0.6 is 0 Å². The largest absolute Gasteiger partial charge is 0.506 e. The molecule has 0 aliphatic heterocycles. The molecule has 0 fully saturated rings. The van der Waals surface area contributed by atoms with E-state index in [0.717, 1.165) is 16.7 Å². The second-order valence-corrected chi connectivity index (χ2v) is 4.27. The van der Waals surface area contributed by atoms with Crippen molar-refractivity contribution < 1.29 is 15.0 Å². The summed E-state index contributed by atoms with van der Waals surface area (Å²) < 4.78 is 0. The number of carbonyl (C=O) groups is 1. The highest BCUT2D eigenvalue weighted by Crippen LogP contribution is 2.35. The highest BCUT2D eigenvalue weighted by Gasteiger charge is 2.16. The first kappa shape index (κ1) is 12.2. The summed E-state index contributed by atoms with van der Waals surface area (Å²) in [6.07, 6.45) is 0. The Balaban J connectivity index is 2.73. The molecule has 0 saturated carbocycles. The molecule has 0 aliphatic carbocycles. The summed E-state index contributed by atoms with van der Waals surface area (Å²) in [6.45, 7) is 3.88. The first-order chi connectivity index (χ1) is 8.52. The van der Waals surface area contributed by atoms with E-state index in [1.807, 2.05) is 32.0 Å². The Labute approximate surface area is 105 Å². The first-order valence-corrected chi connectivity index (χ1v) is 5.64. The molecular formula is C15H14O3. The molecule has 0 amide bonds. The van der Waals surface area contributed by atoms with Gasteiger partial charge in [-0.15, -0.1) is 0 Å². The molecule has 3 heteroatoms. The van der Waals surface area contributed by atoms with E-state index in [1.54, 1.807) is 12.1 Å². The minimum absolute atomic E-state index is 0.0739. The number of rotatable bonds is 2. The molecule has 0 bridgehead atoms. The summed E-state index contributed by atoms with van der Waals surface area (Å²) in [5, 5.41) is 19.1. The van der Waals surface area contributed by atoms with Crippen molar-refractivity contribution in [1.82, 2.24) is 0 Å². The van der Waals surface area contributed by atoms with Crippen molar-refractivity contribution in [2.75, 3.05) is 0 Å². The lowest BCUT2D eigenvalue weighted by molar-refractivity contribution is 0.0694. The standard InChI is InChI=1S/C15H14O3/c1-9-5-3-6-10(2)13(9)11-7-4-8-12(14(11)16)15(17)18/h3-8,16H,1-2H3,(H,17,18). The van der Waals surface area contributed by atoms with Gasteiger partial charge in [0.25, 0.3) is 0 Å². The maximum atomic E-state index is 11.0. The van der Waals surface area contributed by atoms with Gasteiger partial charge in [-0.25, -0.2) is 4.79 Å². The summed E-state index contributed by atoms with van der Waals surface area (Å²) in [5.41, 5.74) is 3.39. The van der Waals surface area contributed by atoms with E-state index in [2.05, 4.69) is 0 Å². The monoisotopic (exact) mass is 242 g/mol. The van der Waals surface area contributed by atoms with Gasteiger partial charge in [0.2, 0.25) is 0 Å². The Hall–Kier alpha value is -2.29. The van der Waals surface area contributed by atoms with E-state index in [-0.39, 0.29) is 11.3 Å². The summed E-state index contributed by atoms with van der Waals surface area (Å²) in [7, 11) is 0. The number of hydrogen-bond donors (Lipinski definition) is 2. The van der Waals surface area contributed by atoms with Crippen LogP contribution in [-0.4, -0.2) is 16.2 Å². The summed E-state index contributed by atoms with van der Waals surface area (Å²) in [5.74, 6) is -1.30. The number of phenols is 1. The SMILES string of the molecule is Cc1cccc(C)c1-c1cccc(C(=O)O)c1O. The molecule has 2 aromatic carbocycles. The van der Waals surface area contributed by atoms with Crippen LogP contribution in [0, 0.1) is 13.8 Å². The number of benzene rings is 2. The minimum Gasteiger partial charge on any atom is -0.506 e. The minimum atomic E-state index is -1.12. The van der Waals surface area contributed by atoms with E-state index < -0.39 is 5.97 Å². The molecule has 3 nitrogen and oxygen atoms in total. The van der Waals surface area contributed by atoms with Gasteiger partial charge in [-0.05, 0) is 36.6 Å². The van der Waals surface area contributed by atoms with Crippen LogP contribution in [0.4, 0.5) is 0 Å². The van der Waals surface area contributed by atoms with Gasteiger partial charge in [-0.1, -0.05) is 30.3 Å². The fourth-order valence-electron chi connectivity index (χ4n) is 2.16. The van der Waals surface area contributed by atoms with E-state index in [1.165, 1.54) is 6.07 Å². The van der Waals surface area contributed by atoms with Crippen LogP contribution in [0.2, 0.25) is 0 Å². The molecular weight excluding hydrogens is 228 g/mol. The lowest BCUT2D eigenvalue weighted by Crippen LogP contribution is -1.98. The Kier molecular flexibility index (Phi) is 3.06. The van der Waals surface area contributed by atoms with Gasteiger partial charge >= 0.3 is 5.97 Å². The summed E-state index contributed by atoms with van der Waals surface area (Å²) in [4.78, 5) is 11.0. The maximum absolute atomic E-state index is 11.0. The molecule has 2 rings (SSSR count). The molecule has 0 atom stereocenters. The number of para-hydroxylation sites is 1. The van der Waals surface area contributed by atoms with Crippen LogP contribution in [0.25, 0.3) is 11.1 Å². The zero-order chi connectivity index (χ0) is 13.3. The van der Waals surface area contributed by atoms with Crippen LogP contribution in [0.15, 0.2) is 36.4 Å². The van der Waals surface area contributed by atoms with Crippen LogP contribution < -0.4 is 0 Å². The fraction of sp³-hybridized carbons (Fsp3) is 0.133. The normalized spacial score (nSPS) is 10.3. The quantitative estimate of drug-likeness (QED) is 0.848. The molecule has 0 radical (unpaired) electrons. The van der Waals surface area contributed by atoms with Crippen LogP contribution in [0.1, 0.15) is 21.5 Å². The van der Waals surface area contributed by atoms with Gasteiger partial charge in [0.1, 0.15) is 11.3 Å². The number of aromatic carboxylic acids is 1. The molecule has 92 valence electrons. The van der Waals surface area contributed by atoms with Gasteiger partial charge in [-0.3, -0.25) is 0 Å². The van der Waals surface area contributed by atoms with Crippen molar-refractivity contribution in [2.45, 2.75) is 13.8 Å². The highest BCUT2D eigenvalue weighted by atomic mass is 16.4. The van der Waals surface area contributed by atoms with Gasteiger partial charge < -0.3 is 10.2 Å². The Morgan fingerprint density at radius 1 is 1.00 bits per heavy atom. The van der Waals surface area contributed by atoms with Crippen LogP contribution in [0.3, 0.4) is 0 Å². The molecule has 2 aromatic rings. The van der Waals surface area contributed by atoms with E-state index >= 15 is 0 Å². The maximum Gasteiger partial charge on any atom is 0.339 e. The molecule has 18 heavy (non-hydrogen) atoms. The van der Waals surface area contributed by atoms with Crippen molar-refractivity contribution >= 4 is 5.97 Å². The molecule has 0 unspecified atom stereocenters. The highest BCUT2D eigenvalue weighted by molar-refractivity contribution is 5.94. The predicted octanol–water partition coefficient (Wildman–Crippen LogP) is 3.37. The average Bonchev–Trinajstić information content (AvgIpc) is 2.30. The second-order valence-electron chi connectivity index (χ2n) is 4.27. The van der Waals surface area contributed by atoms with E-state index in [0.29, 0.717) is 5.56 Å². The third-order valence-corrected chi connectivity index (χ3v) is 3.02. The number of aromatic hydroxyl groups is 1. The lowest BCUT2D eigenvalue weighted by atomic mass is 9.94. The predicted molar refractivity (Wildman–Crippen MR) is 70.0 cm³/mol.